The van der Waals surface area contributed by atoms with E-state index in [0.29, 0.717) is 0 Å². The van der Waals surface area contributed by atoms with E-state index in [1.807, 2.05) is 4.90 Å². The number of carbonyl (C=O) groups is 4. The van der Waals surface area contributed by atoms with Crippen molar-refractivity contribution in [2.45, 2.75) is 95.2 Å². The first-order valence-electron chi connectivity index (χ1n) is 10.6. The first-order valence-corrected chi connectivity index (χ1v) is 10.6. The first-order chi connectivity index (χ1) is 13.5. The van der Waals surface area contributed by atoms with Gasteiger partial charge in [0.1, 0.15) is 6.04 Å². The number of urea groups is 1. The maximum atomic E-state index is 12.9. The van der Waals surface area contributed by atoms with Crippen molar-refractivity contribution in [3.05, 3.63) is 0 Å². The normalized spacial score (nSPS) is 23.8. The topological polar surface area (TPSA) is 105 Å². The van der Waals surface area contributed by atoms with Gasteiger partial charge in [-0.05, 0) is 32.1 Å². The van der Waals surface area contributed by atoms with E-state index in [-0.39, 0.29) is 37.4 Å². The zero-order valence-corrected chi connectivity index (χ0v) is 16.4. The lowest BCUT2D eigenvalue weighted by atomic mass is 9.88. The lowest BCUT2D eigenvalue weighted by Gasteiger charge is -2.41. The van der Waals surface area contributed by atoms with Gasteiger partial charge in [0.15, 0.2) is 6.61 Å². The van der Waals surface area contributed by atoms with Gasteiger partial charge in [-0.1, -0.05) is 38.5 Å². The fourth-order valence-corrected chi connectivity index (χ4v) is 4.64. The SMILES string of the molecule is O=C1NC(=O)[C@H](CCC(=O)OCC(=O)N(C2CCCCC2)C2CCCCC2)N1. The van der Waals surface area contributed by atoms with Crippen molar-refractivity contribution in [1.82, 2.24) is 15.5 Å². The molecule has 0 aromatic rings. The average Bonchev–Trinajstić information content (AvgIpc) is 3.03. The molecule has 2 aliphatic carbocycles. The highest BCUT2D eigenvalue weighted by Crippen LogP contribution is 2.30. The number of imide groups is 1. The number of amides is 4. The van der Waals surface area contributed by atoms with Crippen molar-refractivity contribution in [2.75, 3.05) is 6.61 Å². The molecule has 0 spiro atoms. The van der Waals surface area contributed by atoms with Gasteiger partial charge in [-0.25, -0.2) is 4.79 Å². The number of esters is 1. The predicted octanol–water partition coefficient (Wildman–Crippen LogP) is 2.01. The van der Waals surface area contributed by atoms with Crippen molar-refractivity contribution in [3.63, 3.8) is 0 Å². The Morgan fingerprint density at radius 1 is 0.929 bits per heavy atom. The molecule has 3 fully saturated rings. The molecule has 0 unspecified atom stereocenters. The van der Waals surface area contributed by atoms with E-state index < -0.39 is 23.9 Å². The van der Waals surface area contributed by atoms with Crippen LogP contribution in [0.15, 0.2) is 0 Å². The molecule has 1 saturated heterocycles. The number of rotatable bonds is 7. The van der Waals surface area contributed by atoms with Crippen LogP contribution in [0.5, 0.6) is 0 Å². The third-order valence-corrected chi connectivity index (χ3v) is 6.08. The molecule has 3 rings (SSSR count). The van der Waals surface area contributed by atoms with Gasteiger partial charge in [-0.3, -0.25) is 19.7 Å². The first kappa shape index (κ1) is 20.6. The van der Waals surface area contributed by atoms with Crippen molar-refractivity contribution in [2.24, 2.45) is 0 Å². The molecular formula is C20H31N3O5. The number of nitrogens with one attached hydrogen (secondary N) is 2. The Morgan fingerprint density at radius 2 is 1.50 bits per heavy atom. The summed E-state index contributed by atoms with van der Waals surface area (Å²) in [6, 6.07) is -0.730. The number of hydrogen-bond acceptors (Lipinski definition) is 5. The molecular weight excluding hydrogens is 362 g/mol. The highest BCUT2D eigenvalue weighted by atomic mass is 16.5. The fraction of sp³-hybridized carbons (Fsp3) is 0.800. The van der Waals surface area contributed by atoms with Crippen molar-refractivity contribution >= 4 is 23.8 Å². The Balaban J connectivity index is 1.48. The monoisotopic (exact) mass is 393 g/mol. The van der Waals surface area contributed by atoms with Gasteiger partial charge >= 0.3 is 12.0 Å². The molecule has 3 aliphatic rings. The molecule has 8 heteroatoms. The van der Waals surface area contributed by atoms with Crippen LogP contribution in [0, 0.1) is 0 Å². The van der Waals surface area contributed by atoms with Crippen LogP contribution in [0.4, 0.5) is 4.79 Å². The molecule has 0 aromatic heterocycles. The maximum absolute atomic E-state index is 12.9. The fourth-order valence-electron chi connectivity index (χ4n) is 4.64. The minimum Gasteiger partial charge on any atom is -0.456 e. The van der Waals surface area contributed by atoms with Gasteiger partial charge in [0.2, 0.25) is 0 Å². The third kappa shape index (κ3) is 5.45. The number of nitrogens with zero attached hydrogens (tertiary/aromatic N) is 1. The van der Waals surface area contributed by atoms with E-state index in [1.165, 1.54) is 12.8 Å². The molecule has 0 radical (unpaired) electrons. The molecule has 2 N–H and O–H groups in total. The Kier molecular flexibility index (Phi) is 7.28. The highest BCUT2D eigenvalue weighted by molar-refractivity contribution is 6.04. The molecule has 28 heavy (non-hydrogen) atoms. The maximum Gasteiger partial charge on any atom is 0.322 e. The molecule has 8 nitrogen and oxygen atoms in total. The van der Waals surface area contributed by atoms with Crippen LogP contribution >= 0.6 is 0 Å². The number of ether oxygens (including phenoxy) is 1. The standard InChI is InChI=1S/C20H31N3O5/c24-17(13-28-18(25)12-11-16-19(26)22-20(27)21-16)23(14-7-3-1-4-8-14)15-9-5-2-6-10-15/h14-16H,1-13H2,(H2,21,22,26,27)/t16-/m0/s1. The Bertz CT molecular complexity index is 579. The molecule has 1 heterocycles. The van der Waals surface area contributed by atoms with Gasteiger partial charge in [0, 0.05) is 18.5 Å². The molecule has 0 bridgehead atoms. The van der Waals surface area contributed by atoms with Crippen LogP contribution < -0.4 is 10.6 Å². The van der Waals surface area contributed by atoms with E-state index in [2.05, 4.69) is 10.6 Å². The lowest BCUT2D eigenvalue weighted by molar-refractivity contribution is -0.155. The van der Waals surface area contributed by atoms with Crippen LogP contribution in [0.2, 0.25) is 0 Å². The van der Waals surface area contributed by atoms with Gasteiger partial charge in [-0.15, -0.1) is 0 Å². The van der Waals surface area contributed by atoms with E-state index in [1.54, 1.807) is 0 Å². The quantitative estimate of drug-likeness (QED) is 0.508. The zero-order valence-electron chi connectivity index (χ0n) is 16.4. The van der Waals surface area contributed by atoms with Gasteiger partial charge in [0.05, 0.1) is 0 Å². The summed E-state index contributed by atoms with van der Waals surface area (Å²) in [7, 11) is 0. The van der Waals surface area contributed by atoms with E-state index >= 15 is 0 Å². The molecule has 2 saturated carbocycles. The van der Waals surface area contributed by atoms with Crippen LogP contribution in [0.1, 0.15) is 77.0 Å². The largest absolute Gasteiger partial charge is 0.456 e. The minimum atomic E-state index is -0.711. The van der Waals surface area contributed by atoms with Crippen LogP contribution in [0.3, 0.4) is 0 Å². The Labute approximate surface area is 165 Å². The van der Waals surface area contributed by atoms with Gasteiger partial charge in [0.25, 0.3) is 11.8 Å². The van der Waals surface area contributed by atoms with Crippen LogP contribution in [-0.4, -0.2) is 53.4 Å². The summed E-state index contributed by atoms with van der Waals surface area (Å²) >= 11 is 0. The second-order valence-electron chi connectivity index (χ2n) is 8.10. The molecule has 4 amide bonds. The van der Waals surface area contributed by atoms with Gasteiger partial charge < -0.3 is 15.0 Å². The molecule has 1 atom stereocenters. The molecule has 0 aromatic carbocycles. The van der Waals surface area contributed by atoms with Gasteiger partial charge in [-0.2, -0.15) is 0 Å². The molecule has 1 aliphatic heterocycles. The van der Waals surface area contributed by atoms with Crippen molar-refractivity contribution in [3.8, 4) is 0 Å². The predicted molar refractivity (Wildman–Crippen MR) is 101 cm³/mol. The van der Waals surface area contributed by atoms with Crippen molar-refractivity contribution in [1.29, 1.82) is 0 Å². The second kappa shape index (κ2) is 9.89. The highest BCUT2D eigenvalue weighted by Gasteiger charge is 2.33. The van der Waals surface area contributed by atoms with Crippen LogP contribution in [-0.2, 0) is 19.1 Å². The summed E-state index contributed by atoms with van der Waals surface area (Å²) < 4.78 is 5.21. The van der Waals surface area contributed by atoms with Crippen LogP contribution in [0.25, 0.3) is 0 Å². The average molecular weight is 393 g/mol. The Hall–Kier alpha value is -2.12. The summed E-state index contributed by atoms with van der Waals surface area (Å²) in [4.78, 5) is 49.6. The summed E-state index contributed by atoms with van der Waals surface area (Å²) in [5, 5.41) is 4.57. The van der Waals surface area contributed by atoms with E-state index in [0.717, 1.165) is 51.4 Å². The third-order valence-electron chi connectivity index (χ3n) is 6.08. The minimum absolute atomic E-state index is 0.0154. The van der Waals surface area contributed by atoms with Crippen molar-refractivity contribution < 1.29 is 23.9 Å². The van der Waals surface area contributed by atoms with E-state index in [9.17, 15) is 19.2 Å². The van der Waals surface area contributed by atoms with E-state index in [4.69, 9.17) is 4.74 Å². The number of carbonyl (C=O) groups excluding carboxylic acids is 4. The summed E-state index contributed by atoms with van der Waals surface area (Å²) in [5.74, 6) is -1.05. The zero-order chi connectivity index (χ0) is 19.9. The Morgan fingerprint density at radius 3 is 2.00 bits per heavy atom. The number of hydrogen-bond donors (Lipinski definition) is 2. The lowest BCUT2D eigenvalue weighted by Crippen LogP contribution is -2.50. The summed E-state index contributed by atoms with van der Waals surface area (Å²) in [5.41, 5.74) is 0. The second-order valence-corrected chi connectivity index (χ2v) is 8.10. The molecule has 156 valence electrons. The summed E-state index contributed by atoms with van der Waals surface area (Å²) in [6.07, 6.45) is 11.3. The summed E-state index contributed by atoms with van der Waals surface area (Å²) in [6.45, 7) is -0.241. The smallest absolute Gasteiger partial charge is 0.322 e.